The van der Waals surface area contributed by atoms with Crippen molar-refractivity contribution in [2.24, 2.45) is 0 Å². The van der Waals surface area contributed by atoms with Gasteiger partial charge in [0.2, 0.25) is 0 Å². The molecule has 0 aliphatic rings. The van der Waals surface area contributed by atoms with E-state index in [0.717, 1.165) is 22.6 Å². The van der Waals surface area contributed by atoms with E-state index in [1.54, 1.807) is 0 Å². The lowest BCUT2D eigenvalue weighted by Crippen LogP contribution is -2.10. The molecule has 0 atom stereocenters. The van der Waals surface area contributed by atoms with E-state index < -0.39 is 0 Å². The average Bonchev–Trinajstić information content (AvgIpc) is 2.77. The van der Waals surface area contributed by atoms with Crippen LogP contribution in [0.15, 0.2) is 103 Å². The molecule has 138 valence electrons. The molecule has 0 unspecified atom stereocenters. The Morgan fingerprint density at radius 2 is 1.04 bits per heavy atom. The zero-order valence-corrected chi connectivity index (χ0v) is 15.9. The van der Waals surface area contributed by atoms with Crippen LogP contribution in [0.3, 0.4) is 0 Å². The number of benzene rings is 4. The SMILES string of the molecule is Cc1ccc(N(c2ccc(CO)cc2)c2ccc(-c3ccccc3)cc2)cc1. The predicted octanol–water partition coefficient (Wildman–Crippen LogP) is 6.62. The number of hydrogen-bond acceptors (Lipinski definition) is 2. The largest absolute Gasteiger partial charge is 0.392 e. The van der Waals surface area contributed by atoms with Gasteiger partial charge in [0, 0.05) is 17.1 Å². The van der Waals surface area contributed by atoms with Gasteiger partial charge in [0.25, 0.3) is 0 Å². The van der Waals surface area contributed by atoms with Crippen LogP contribution in [0, 0.1) is 6.92 Å². The van der Waals surface area contributed by atoms with Crippen LogP contribution in [0.2, 0.25) is 0 Å². The van der Waals surface area contributed by atoms with E-state index in [0.29, 0.717) is 0 Å². The normalized spacial score (nSPS) is 10.6. The predicted molar refractivity (Wildman–Crippen MR) is 117 cm³/mol. The van der Waals surface area contributed by atoms with E-state index in [9.17, 15) is 5.11 Å². The van der Waals surface area contributed by atoms with Crippen LogP contribution in [0.25, 0.3) is 11.1 Å². The highest BCUT2D eigenvalue weighted by atomic mass is 16.3. The van der Waals surface area contributed by atoms with E-state index in [1.165, 1.54) is 16.7 Å². The molecule has 0 heterocycles. The van der Waals surface area contributed by atoms with E-state index in [-0.39, 0.29) is 6.61 Å². The average molecular weight is 365 g/mol. The van der Waals surface area contributed by atoms with Crippen molar-refractivity contribution in [3.05, 3.63) is 114 Å². The number of anilines is 3. The summed E-state index contributed by atoms with van der Waals surface area (Å²) < 4.78 is 0. The molecule has 2 heteroatoms. The quantitative estimate of drug-likeness (QED) is 0.429. The molecule has 0 aliphatic heterocycles. The summed E-state index contributed by atoms with van der Waals surface area (Å²) in [5.74, 6) is 0. The highest BCUT2D eigenvalue weighted by molar-refractivity contribution is 5.78. The zero-order valence-electron chi connectivity index (χ0n) is 15.9. The van der Waals surface area contributed by atoms with Gasteiger partial charge in [-0.2, -0.15) is 0 Å². The molecule has 28 heavy (non-hydrogen) atoms. The van der Waals surface area contributed by atoms with Crippen molar-refractivity contribution >= 4 is 17.1 Å². The highest BCUT2D eigenvalue weighted by Crippen LogP contribution is 2.35. The summed E-state index contributed by atoms with van der Waals surface area (Å²) in [4.78, 5) is 2.23. The van der Waals surface area contributed by atoms with Crippen molar-refractivity contribution in [1.29, 1.82) is 0 Å². The lowest BCUT2D eigenvalue weighted by atomic mass is 10.0. The van der Waals surface area contributed by atoms with Crippen molar-refractivity contribution in [2.45, 2.75) is 13.5 Å². The molecule has 0 radical (unpaired) electrons. The minimum atomic E-state index is 0.0522. The first-order valence-electron chi connectivity index (χ1n) is 9.47. The van der Waals surface area contributed by atoms with Crippen molar-refractivity contribution in [1.82, 2.24) is 0 Å². The number of nitrogens with zero attached hydrogens (tertiary/aromatic N) is 1. The van der Waals surface area contributed by atoms with Gasteiger partial charge < -0.3 is 10.0 Å². The van der Waals surface area contributed by atoms with E-state index in [1.807, 2.05) is 18.2 Å². The van der Waals surface area contributed by atoms with Gasteiger partial charge in [0.1, 0.15) is 0 Å². The summed E-state index contributed by atoms with van der Waals surface area (Å²) in [6, 6.07) is 35.6. The van der Waals surface area contributed by atoms with Gasteiger partial charge in [-0.1, -0.05) is 72.3 Å². The summed E-state index contributed by atoms with van der Waals surface area (Å²) in [5, 5.41) is 9.36. The zero-order chi connectivity index (χ0) is 19.3. The molecular formula is C26H23NO. The molecule has 0 amide bonds. The van der Waals surface area contributed by atoms with Crippen molar-refractivity contribution in [3.8, 4) is 11.1 Å². The first-order chi connectivity index (χ1) is 13.7. The highest BCUT2D eigenvalue weighted by Gasteiger charge is 2.12. The van der Waals surface area contributed by atoms with Crippen LogP contribution >= 0.6 is 0 Å². The molecule has 0 saturated heterocycles. The van der Waals surface area contributed by atoms with Crippen LogP contribution in [0.5, 0.6) is 0 Å². The molecular weight excluding hydrogens is 342 g/mol. The topological polar surface area (TPSA) is 23.5 Å². The standard InChI is InChI=1S/C26H23NO/c1-20-7-13-24(14-8-20)27(25-15-9-21(19-28)10-16-25)26-17-11-23(12-18-26)22-5-3-2-4-6-22/h2-18,28H,19H2,1H3. The fourth-order valence-corrected chi connectivity index (χ4v) is 3.33. The second kappa shape index (κ2) is 8.12. The Hall–Kier alpha value is -3.36. The van der Waals surface area contributed by atoms with E-state index >= 15 is 0 Å². The van der Waals surface area contributed by atoms with Gasteiger partial charge in [-0.15, -0.1) is 0 Å². The molecule has 0 fully saturated rings. The Bertz CT molecular complexity index is 1020. The molecule has 4 aromatic carbocycles. The van der Waals surface area contributed by atoms with Crippen molar-refractivity contribution in [3.63, 3.8) is 0 Å². The Kier molecular flexibility index (Phi) is 5.22. The minimum absolute atomic E-state index is 0.0522. The van der Waals surface area contributed by atoms with Gasteiger partial charge in [-0.3, -0.25) is 0 Å². The van der Waals surface area contributed by atoms with Crippen LogP contribution in [-0.2, 0) is 6.61 Å². The summed E-state index contributed by atoms with van der Waals surface area (Å²) >= 11 is 0. The van der Waals surface area contributed by atoms with Crippen LogP contribution < -0.4 is 4.90 Å². The lowest BCUT2D eigenvalue weighted by molar-refractivity contribution is 0.282. The Labute approximate surface area is 166 Å². The van der Waals surface area contributed by atoms with Crippen LogP contribution in [-0.4, -0.2) is 5.11 Å². The Morgan fingerprint density at radius 3 is 1.57 bits per heavy atom. The van der Waals surface area contributed by atoms with Gasteiger partial charge in [-0.05, 0) is 60.0 Å². The number of aliphatic hydroxyl groups is 1. The fourth-order valence-electron chi connectivity index (χ4n) is 3.33. The number of hydrogen-bond donors (Lipinski definition) is 1. The second-order valence-electron chi connectivity index (χ2n) is 6.91. The summed E-state index contributed by atoms with van der Waals surface area (Å²) in [7, 11) is 0. The molecule has 0 spiro atoms. The molecule has 1 N–H and O–H groups in total. The number of aliphatic hydroxyl groups excluding tert-OH is 1. The first kappa shape index (κ1) is 18.0. The molecule has 0 bridgehead atoms. The monoisotopic (exact) mass is 365 g/mol. The van der Waals surface area contributed by atoms with Crippen LogP contribution in [0.4, 0.5) is 17.1 Å². The van der Waals surface area contributed by atoms with E-state index in [2.05, 4.69) is 96.8 Å². The molecule has 0 aliphatic carbocycles. The maximum atomic E-state index is 9.36. The smallest absolute Gasteiger partial charge is 0.0681 e. The second-order valence-corrected chi connectivity index (χ2v) is 6.91. The minimum Gasteiger partial charge on any atom is -0.392 e. The van der Waals surface area contributed by atoms with Crippen molar-refractivity contribution in [2.75, 3.05) is 4.90 Å². The van der Waals surface area contributed by atoms with E-state index in [4.69, 9.17) is 0 Å². The fraction of sp³-hybridized carbons (Fsp3) is 0.0769. The van der Waals surface area contributed by atoms with Gasteiger partial charge in [0.05, 0.1) is 6.61 Å². The first-order valence-corrected chi connectivity index (χ1v) is 9.47. The molecule has 0 saturated carbocycles. The Morgan fingerprint density at radius 1 is 0.571 bits per heavy atom. The lowest BCUT2D eigenvalue weighted by Gasteiger charge is -2.26. The molecule has 4 rings (SSSR count). The van der Waals surface area contributed by atoms with Gasteiger partial charge in [0.15, 0.2) is 0 Å². The Balaban J connectivity index is 1.75. The maximum absolute atomic E-state index is 9.36. The van der Waals surface area contributed by atoms with Crippen LogP contribution in [0.1, 0.15) is 11.1 Å². The third-order valence-corrected chi connectivity index (χ3v) is 4.90. The summed E-state index contributed by atoms with van der Waals surface area (Å²) in [6.07, 6.45) is 0. The molecule has 4 aromatic rings. The third-order valence-electron chi connectivity index (χ3n) is 4.90. The number of rotatable bonds is 5. The summed E-state index contributed by atoms with van der Waals surface area (Å²) in [6.45, 7) is 2.15. The maximum Gasteiger partial charge on any atom is 0.0681 e. The summed E-state index contributed by atoms with van der Waals surface area (Å²) in [5.41, 5.74) is 7.82. The van der Waals surface area contributed by atoms with Gasteiger partial charge in [-0.25, -0.2) is 0 Å². The van der Waals surface area contributed by atoms with Gasteiger partial charge >= 0.3 is 0 Å². The molecule has 0 aromatic heterocycles. The molecule has 2 nitrogen and oxygen atoms in total. The third kappa shape index (κ3) is 3.83. The number of aryl methyl sites for hydroxylation is 1. The van der Waals surface area contributed by atoms with Crippen molar-refractivity contribution < 1.29 is 5.11 Å².